The van der Waals surface area contributed by atoms with Gasteiger partial charge in [0.25, 0.3) is 5.91 Å². The standard InChI is InChI=1S/C16H25N3O2/c1-3-4-5-6-9-20-16(11-21-16)19-8-7-15-14(10-19)13(2)17-12-18-15/h12H,3-11H2,1-2H3. The van der Waals surface area contributed by atoms with Crippen LogP contribution in [0.2, 0.25) is 0 Å². The second-order valence-electron chi connectivity index (χ2n) is 5.97. The van der Waals surface area contributed by atoms with Crippen molar-refractivity contribution in [2.75, 3.05) is 19.8 Å². The zero-order valence-corrected chi connectivity index (χ0v) is 13.1. The molecule has 0 aromatic carbocycles. The van der Waals surface area contributed by atoms with Crippen molar-refractivity contribution in [3.63, 3.8) is 0 Å². The lowest BCUT2D eigenvalue weighted by Crippen LogP contribution is -2.44. The summed E-state index contributed by atoms with van der Waals surface area (Å²) in [6.45, 7) is 7.52. The van der Waals surface area contributed by atoms with Gasteiger partial charge in [-0.15, -0.1) is 0 Å². The van der Waals surface area contributed by atoms with Crippen molar-refractivity contribution in [2.45, 2.75) is 58.4 Å². The summed E-state index contributed by atoms with van der Waals surface area (Å²) in [4.78, 5) is 11.0. The first-order chi connectivity index (χ1) is 10.2. The number of unbranched alkanes of at least 4 members (excludes halogenated alkanes) is 3. The van der Waals surface area contributed by atoms with Crippen LogP contribution in [0.25, 0.3) is 0 Å². The molecule has 5 heteroatoms. The Morgan fingerprint density at radius 1 is 1.33 bits per heavy atom. The van der Waals surface area contributed by atoms with E-state index in [2.05, 4.69) is 28.7 Å². The molecule has 0 aliphatic carbocycles. The molecule has 1 fully saturated rings. The maximum Gasteiger partial charge on any atom is 0.255 e. The summed E-state index contributed by atoms with van der Waals surface area (Å²) in [7, 11) is 0. The molecule has 1 atom stereocenters. The van der Waals surface area contributed by atoms with E-state index in [1.54, 1.807) is 6.33 Å². The highest BCUT2D eigenvalue weighted by molar-refractivity contribution is 5.26. The first kappa shape index (κ1) is 14.9. The predicted molar refractivity (Wildman–Crippen MR) is 79.7 cm³/mol. The summed E-state index contributed by atoms with van der Waals surface area (Å²) in [6.07, 6.45) is 7.50. The van der Waals surface area contributed by atoms with Crippen molar-refractivity contribution in [3.8, 4) is 0 Å². The van der Waals surface area contributed by atoms with Gasteiger partial charge in [-0.05, 0) is 13.3 Å². The molecule has 0 radical (unpaired) electrons. The molecule has 0 N–H and O–H groups in total. The Hall–Kier alpha value is -1.04. The predicted octanol–water partition coefficient (Wildman–Crippen LogP) is 2.42. The van der Waals surface area contributed by atoms with Crippen molar-refractivity contribution in [3.05, 3.63) is 23.3 Å². The van der Waals surface area contributed by atoms with E-state index in [1.807, 2.05) is 0 Å². The minimum Gasteiger partial charge on any atom is -0.335 e. The van der Waals surface area contributed by atoms with Gasteiger partial charge >= 0.3 is 0 Å². The van der Waals surface area contributed by atoms with Crippen molar-refractivity contribution >= 4 is 0 Å². The largest absolute Gasteiger partial charge is 0.335 e. The number of fused-ring (bicyclic) bond motifs is 1. The summed E-state index contributed by atoms with van der Waals surface area (Å²) in [5, 5.41) is 0. The summed E-state index contributed by atoms with van der Waals surface area (Å²) in [5.74, 6) is -0.466. The lowest BCUT2D eigenvalue weighted by Gasteiger charge is -2.33. The Morgan fingerprint density at radius 3 is 2.95 bits per heavy atom. The van der Waals surface area contributed by atoms with Gasteiger partial charge in [0.2, 0.25) is 0 Å². The molecule has 0 amide bonds. The molecule has 2 aliphatic rings. The third-order valence-corrected chi connectivity index (χ3v) is 4.42. The van der Waals surface area contributed by atoms with Crippen LogP contribution in [-0.2, 0) is 22.4 Å². The Bertz CT molecular complexity index is 488. The van der Waals surface area contributed by atoms with Crippen LogP contribution in [0.4, 0.5) is 0 Å². The molecule has 21 heavy (non-hydrogen) atoms. The number of aromatic nitrogens is 2. The van der Waals surface area contributed by atoms with E-state index in [0.29, 0.717) is 6.61 Å². The van der Waals surface area contributed by atoms with Crippen LogP contribution in [0.1, 0.15) is 49.6 Å². The fraction of sp³-hybridized carbons (Fsp3) is 0.750. The lowest BCUT2D eigenvalue weighted by molar-refractivity contribution is -0.156. The molecule has 1 saturated heterocycles. The van der Waals surface area contributed by atoms with Crippen LogP contribution in [0.5, 0.6) is 0 Å². The van der Waals surface area contributed by atoms with E-state index in [4.69, 9.17) is 9.47 Å². The zero-order valence-electron chi connectivity index (χ0n) is 13.1. The molecule has 116 valence electrons. The summed E-state index contributed by atoms with van der Waals surface area (Å²) >= 11 is 0. The molecule has 1 aromatic rings. The maximum atomic E-state index is 6.04. The smallest absolute Gasteiger partial charge is 0.255 e. The van der Waals surface area contributed by atoms with Gasteiger partial charge < -0.3 is 9.47 Å². The fourth-order valence-electron chi connectivity index (χ4n) is 2.95. The number of ether oxygens (including phenoxy) is 2. The zero-order chi connectivity index (χ0) is 14.7. The van der Waals surface area contributed by atoms with Crippen LogP contribution in [-0.4, -0.2) is 40.5 Å². The third kappa shape index (κ3) is 3.25. The highest BCUT2D eigenvalue weighted by Crippen LogP contribution is 2.36. The normalized spacial score (nSPS) is 24.9. The van der Waals surface area contributed by atoms with Gasteiger partial charge in [-0.2, -0.15) is 0 Å². The number of rotatable bonds is 7. The number of epoxide rings is 1. The third-order valence-electron chi connectivity index (χ3n) is 4.42. The average molecular weight is 291 g/mol. The fourth-order valence-corrected chi connectivity index (χ4v) is 2.95. The summed E-state index contributed by atoms with van der Waals surface area (Å²) in [5.41, 5.74) is 3.49. The van der Waals surface area contributed by atoms with E-state index in [0.717, 1.165) is 38.2 Å². The van der Waals surface area contributed by atoms with E-state index in [-0.39, 0.29) is 0 Å². The Kier molecular flexibility index (Phi) is 4.52. The minimum atomic E-state index is -0.466. The first-order valence-corrected chi connectivity index (χ1v) is 8.07. The molecule has 0 saturated carbocycles. The second-order valence-corrected chi connectivity index (χ2v) is 5.97. The van der Waals surface area contributed by atoms with Crippen molar-refractivity contribution in [2.24, 2.45) is 0 Å². The minimum absolute atomic E-state index is 0.466. The Morgan fingerprint density at radius 2 is 2.19 bits per heavy atom. The van der Waals surface area contributed by atoms with Crippen molar-refractivity contribution in [1.82, 2.24) is 14.9 Å². The Labute approximate surface area is 126 Å². The first-order valence-electron chi connectivity index (χ1n) is 8.07. The summed E-state index contributed by atoms with van der Waals surface area (Å²) < 4.78 is 11.7. The topological polar surface area (TPSA) is 50.8 Å². The van der Waals surface area contributed by atoms with Gasteiger partial charge in [0.1, 0.15) is 12.9 Å². The number of hydrogen-bond donors (Lipinski definition) is 0. The van der Waals surface area contributed by atoms with Crippen molar-refractivity contribution < 1.29 is 9.47 Å². The monoisotopic (exact) mass is 291 g/mol. The average Bonchev–Trinajstić information content (AvgIpc) is 3.28. The van der Waals surface area contributed by atoms with Crippen LogP contribution < -0.4 is 0 Å². The molecule has 0 bridgehead atoms. The van der Waals surface area contributed by atoms with Gasteiger partial charge in [0, 0.05) is 36.5 Å². The van der Waals surface area contributed by atoms with Crippen molar-refractivity contribution in [1.29, 1.82) is 0 Å². The van der Waals surface area contributed by atoms with Gasteiger partial charge in [-0.3, -0.25) is 0 Å². The molecule has 5 nitrogen and oxygen atoms in total. The number of nitrogens with zero attached hydrogens (tertiary/aromatic N) is 3. The molecular weight excluding hydrogens is 266 g/mol. The lowest BCUT2D eigenvalue weighted by atomic mass is 10.0. The van der Waals surface area contributed by atoms with Gasteiger partial charge in [0.05, 0.1) is 6.61 Å². The highest BCUT2D eigenvalue weighted by atomic mass is 16.8. The number of aryl methyl sites for hydroxylation is 1. The Balaban J connectivity index is 1.57. The second kappa shape index (κ2) is 6.38. The molecule has 0 spiro atoms. The molecule has 3 rings (SSSR count). The van der Waals surface area contributed by atoms with Crippen LogP contribution in [0.15, 0.2) is 6.33 Å². The molecular formula is C16H25N3O2. The van der Waals surface area contributed by atoms with E-state index < -0.39 is 5.91 Å². The summed E-state index contributed by atoms with van der Waals surface area (Å²) in [6, 6.07) is 0. The van der Waals surface area contributed by atoms with Crippen LogP contribution in [0.3, 0.4) is 0 Å². The SMILES string of the molecule is CCCCCCOC1(N2CCc3ncnc(C)c3C2)CO1. The van der Waals surface area contributed by atoms with Crippen LogP contribution >= 0.6 is 0 Å². The van der Waals surface area contributed by atoms with E-state index in [9.17, 15) is 0 Å². The highest BCUT2D eigenvalue weighted by Gasteiger charge is 2.52. The van der Waals surface area contributed by atoms with Crippen LogP contribution in [0, 0.1) is 6.92 Å². The number of hydrogen-bond acceptors (Lipinski definition) is 5. The molecule has 2 aliphatic heterocycles. The van der Waals surface area contributed by atoms with Gasteiger partial charge in [-0.1, -0.05) is 26.2 Å². The molecule has 1 aromatic heterocycles. The van der Waals surface area contributed by atoms with Gasteiger partial charge in [0.15, 0.2) is 0 Å². The van der Waals surface area contributed by atoms with Gasteiger partial charge in [-0.25, -0.2) is 14.9 Å². The quantitative estimate of drug-likeness (QED) is 0.570. The molecule has 1 unspecified atom stereocenters. The van der Waals surface area contributed by atoms with E-state index >= 15 is 0 Å². The van der Waals surface area contributed by atoms with E-state index in [1.165, 1.54) is 30.5 Å². The molecule has 3 heterocycles. The maximum absolute atomic E-state index is 6.04.